The largest absolute Gasteiger partial charge is 0.497 e. The molecule has 1 radical (unpaired) electrons. The fourth-order valence-electron chi connectivity index (χ4n) is 3.27. The van der Waals surface area contributed by atoms with Gasteiger partial charge in [-0.15, -0.1) is 0 Å². The molecule has 0 aromatic heterocycles. The van der Waals surface area contributed by atoms with Gasteiger partial charge in [0, 0.05) is 0 Å². The maximum absolute atomic E-state index is 5.49. The standard InChI is InChI=1S/C25H25O2/c1-4-24(19-11-17-23(18-12-19)27-5-2)25(20-9-7-6-8-10-20)21-13-15-22(26-3)16-14-21/h6-18H,2,4-5H2,1,3H3/b25-24+. The Balaban J connectivity index is 2.15. The number of hydrogen-bond donors (Lipinski definition) is 0. The molecule has 0 aliphatic carbocycles. The van der Waals surface area contributed by atoms with E-state index in [2.05, 4.69) is 62.4 Å². The highest BCUT2D eigenvalue weighted by Crippen LogP contribution is 2.35. The summed E-state index contributed by atoms with van der Waals surface area (Å²) in [6, 6.07) is 27.1. The first-order chi connectivity index (χ1) is 13.3. The summed E-state index contributed by atoms with van der Waals surface area (Å²) in [7, 11) is 1.69. The zero-order valence-corrected chi connectivity index (χ0v) is 15.9. The molecule has 0 heterocycles. The summed E-state index contributed by atoms with van der Waals surface area (Å²) >= 11 is 0. The maximum Gasteiger partial charge on any atom is 0.119 e. The normalized spacial score (nSPS) is 11.7. The van der Waals surface area contributed by atoms with Crippen molar-refractivity contribution in [1.82, 2.24) is 0 Å². The molecular formula is C25H25O2. The van der Waals surface area contributed by atoms with Crippen LogP contribution in [0.25, 0.3) is 11.1 Å². The van der Waals surface area contributed by atoms with E-state index in [-0.39, 0.29) is 0 Å². The molecule has 0 saturated heterocycles. The van der Waals surface area contributed by atoms with E-state index in [1.807, 2.05) is 30.3 Å². The molecule has 2 heteroatoms. The Morgan fingerprint density at radius 1 is 0.741 bits per heavy atom. The maximum atomic E-state index is 5.49. The Labute approximate surface area is 162 Å². The summed E-state index contributed by atoms with van der Waals surface area (Å²) in [5.41, 5.74) is 6.12. The van der Waals surface area contributed by atoms with Crippen LogP contribution in [0, 0.1) is 6.92 Å². The van der Waals surface area contributed by atoms with Gasteiger partial charge in [0.1, 0.15) is 11.5 Å². The SMILES string of the molecule is [CH2]COc1ccc(/C(CC)=C(\c2ccccc2)c2ccc(OC)cc2)cc1. The van der Waals surface area contributed by atoms with E-state index in [1.165, 1.54) is 27.8 Å². The Morgan fingerprint density at radius 3 is 1.85 bits per heavy atom. The van der Waals surface area contributed by atoms with Crippen molar-refractivity contribution in [2.24, 2.45) is 0 Å². The van der Waals surface area contributed by atoms with E-state index >= 15 is 0 Å². The molecule has 3 aromatic rings. The van der Waals surface area contributed by atoms with E-state index in [0.717, 1.165) is 17.9 Å². The molecule has 0 unspecified atom stereocenters. The summed E-state index contributed by atoms with van der Waals surface area (Å²) < 4.78 is 10.8. The number of hydrogen-bond acceptors (Lipinski definition) is 2. The fraction of sp³-hybridized carbons (Fsp3) is 0.160. The number of allylic oxidation sites excluding steroid dienone is 1. The zero-order chi connectivity index (χ0) is 19.1. The van der Waals surface area contributed by atoms with Crippen molar-refractivity contribution in [1.29, 1.82) is 0 Å². The quantitative estimate of drug-likeness (QED) is 0.463. The third kappa shape index (κ3) is 4.40. The average molecular weight is 357 g/mol. The van der Waals surface area contributed by atoms with Crippen LogP contribution in [-0.4, -0.2) is 13.7 Å². The zero-order valence-electron chi connectivity index (χ0n) is 15.9. The number of benzene rings is 3. The third-order valence-electron chi connectivity index (χ3n) is 4.57. The van der Waals surface area contributed by atoms with Gasteiger partial charge in [0.15, 0.2) is 0 Å². The van der Waals surface area contributed by atoms with Crippen molar-refractivity contribution in [2.75, 3.05) is 13.7 Å². The summed E-state index contributed by atoms with van der Waals surface area (Å²) in [6.45, 7) is 6.36. The minimum absolute atomic E-state index is 0.428. The topological polar surface area (TPSA) is 18.5 Å². The third-order valence-corrected chi connectivity index (χ3v) is 4.57. The molecule has 137 valence electrons. The molecule has 0 fully saturated rings. The van der Waals surface area contributed by atoms with Crippen molar-refractivity contribution in [2.45, 2.75) is 13.3 Å². The molecule has 0 bridgehead atoms. The molecule has 0 aliphatic rings. The molecule has 3 aromatic carbocycles. The Morgan fingerprint density at radius 2 is 1.30 bits per heavy atom. The first kappa shape index (κ1) is 18.8. The Kier molecular flexibility index (Phi) is 6.32. The van der Waals surface area contributed by atoms with Crippen LogP contribution in [0.4, 0.5) is 0 Å². The first-order valence-corrected chi connectivity index (χ1v) is 9.22. The number of methoxy groups -OCH3 is 1. The second-order valence-electron chi connectivity index (χ2n) is 6.17. The highest BCUT2D eigenvalue weighted by atomic mass is 16.5. The van der Waals surface area contributed by atoms with Crippen molar-refractivity contribution in [3.05, 3.63) is 102 Å². The molecule has 0 N–H and O–H groups in total. The molecule has 0 atom stereocenters. The lowest BCUT2D eigenvalue weighted by molar-refractivity contribution is 0.361. The van der Waals surface area contributed by atoms with Crippen LogP contribution < -0.4 is 9.47 Å². The van der Waals surface area contributed by atoms with E-state index in [9.17, 15) is 0 Å². The van der Waals surface area contributed by atoms with Gasteiger partial charge in [-0.25, -0.2) is 0 Å². The Hall–Kier alpha value is -3.00. The second kappa shape index (κ2) is 9.09. The van der Waals surface area contributed by atoms with Gasteiger partial charge < -0.3 is 9.47 Å². The Bertz CT molecular complexity index is 876. The summed E-state index contributed by atoms with van der Waals surface area (Å²) in [5.74, 6) is 1.70. The summed E-state index contributed by atoms with van der Waals surface area (Å²) in [5, 5.41) is 0. The van der Waals surface area contributed by atoms with E-state index in [1.54, 1.807) is 7.11 Å². The number of rotatable bonds is 7. The van der Waals surface area contributed by atoms with Gasteiger partial charge in [0.25, 0.3) is 0 Å². The van der Waals surface area contributed by atoms with Gasteiger partial charge in [0.2, 0.25) is 0 Å². The lowest BCUT2D eigenvalue weighted by Gasteiger charge is -2.17. The van der Waals surface area contributed by atoms with Crippen molar-refractivity contribution in [3.63, 3.8) is 0 Å². The van der Waals surface area contributed by atoms with Gasteiger partial charge in [-0.1, -0.05) is 61.5 Å². The molecule has 3 rings (SSSR count). The van der Waals surface area contributed by atoms with Crippen LogP contribution in [0.1, 0.15) is 30.0 Å². The molecular weight excluding hydrogens is 332 g/mol. The highest BCUT2D eigenvalue weighted by molar-refractivity contribution is 5.98. The van der Waals surface area contributed by atoms with Crippen LogP contribution in [0.15, 0.2) is 78.9 Å². The van der Waals surface area contributed by atoms with Gasteiger partial charge in [-0.2, -0.15) is 0 Å². The van der Waals surface area contributed by atoms with Gasteiger partial charge in [-0.3, -0.25) is 0 Å². The van der Waals surface area contributed by atoms with Crippen molar-refractivity contribution >= 4 is 11.1 Å². The summed E-state index contributed by atoms with van der Waals surface area (Å²) in [4.78, 5) is 0. The number of ether oxygens (including phenoxy) is 2. The lowest BCUT2D eigenvalue weighted by Crippen LogP contribution is -1.96. The molecule has 27 heavy (non-hydrogen) atoms. The molecule has 2 nitrogen and oxygen atoms in total. The van der Waals surface area contributed by atoms with Gasteiger partial charge in [-0.05, 0) is 65.4 Å². The second-order valence-corrected chi connectivity index (χ2v) is 6.17. The monoisotopic (exact) mass is 357 g/mol. The van der Waals surface area contributed by atoms with Crippen LogP contribution in [0.3, 0.4) is 0 Å². The van der Waals surface area contributed by atoms with Gasteiger partial charge >= 0.3 is 0 Å². The molecule has 0 saturated carbocycles. The van der Waals surface area contributed by atoms with Crippen LogP contribution >= 0.6 is 0 Å². The van der Waals surface area contributed by atoms with E-state index in [0.29, 0.717) is 6.61 Å². The minimum atomic E-state index is 0.428. The molecule has 0 aliphatic heterocycles. The first-order valence-electron chi connectivity index (χ1n) is 9.22. The summed E-state index contributed by atoms with van der Waals surface area (Å²) in [6.07, 6.45) is 0.922. The molecule has 0 amide bonds. The average Bonchev–Trinajstić information content (AvgIpc) is 2.74. The van der Waals surface area contributed by atoms with Crippen LogP contribution in [0.2, 0.25) is 0 Å². The fourth-order valence-corrected chi connectivity index (χ4v) is 3.27. The predicted octanol–water partition coefficient (Wildman–Crippen LogP) is 6.28. The van der Waals surface area contributed by atoms with E-state index in [4.69, 9.17) is 9.47 Å². The molecule has 0 spiro atoms. The van der Waals surface area contributed by atoms with Crippen molar-refractivity contribution < 1.29 is 9.47 Å². The van der Waals surface area contributed by atoms with Gasteiger partial charge in [0.05, 0.1) is 13.7 Å². The van der Waals surface area contributed by atoms with Crippen LogP contribution in [-0.2, 0) is 0 Å². The van der Waals surface area contributed by atoms with E-state index < -0.39 is 0 Å². The van der Waals surface area contributed by atoms with Crippen LogP contribution in [0.5, 0.6) is 11.5 Å². The smallest absolute Gasteiger partial charge is 0.119 e. The highest BCUT2D eigenvalue weighted by Gasteiger charge is 2.13. The van der Waals surface area contributed by atoms with Crippen molar-refractivity contribution in [3.8, 4) is 11.5 Å². The minimum Gasteiger partial charge on any atom is -0.497 e. The lowest BCUT2D eigenvalue weighted by atomic mass is 9.88. The predicted molar refractivity (Wildman–Crippen MR) is 113 cm³/mol.